The Hall–Kier alpha value is -3.21. The molecule has 0 aliphatic carbocycles. The minimum atomic E-state index is -0.572. The van der Waals surface area contributed by atoms with E-state index in [9.17, 15) is 4.79 Å². The second-order valence-corrected chi connectivity index (χ2v) is 7.33. The average Bonchev–Trinajstić information content (AvgIpc) is 2.78. The highest BCUT2D eigenvalue weighted by atomic mass is 16.5. The molecule has 1 N–H and O–H groups in total. The van der Waals surface area contributed by atoms with Crippen molar-refractivity contribution in [1.82, 2.24) is 5.32 Å². The van der Waals surface area contributed by atoms with Gasteiger partial charge in [-0.2, -0.15) is 0 Å². The maximum absolute atomic E-state index is 12.9. The molecule has 5 heteroatoms. The lowest BCUT2D eigenvalue weighted by Crippen LogP contribution is -2.39. The first-order chi connectivity index (χ1) is 15.0. The number of carbonyl (C=O) groups excluding carboxylic acids is 1. The lowest BCUT2D eigenvalue weighted by atomic mass is 10.1. The molecule has 1 amide bonds. The quantitative estimate of drug-likeness (QED) is 0.458. The van der Waals surface area contributed by atoms with Crippen molar-refractivity contribution < 1.29 is 19.0 Å². The fourth-order valence-corrected chi connectivity index (χ4v) is 3.45. The van der Waals surface area contributed by atoms with E-state index in [0.717, 1.165) is 16.3 Å². The molecule has 3 aromatic carbocycles. The summed E-state index contributed by atoms with van der Waals surface area (Å²) in [6.45, 7) is 8.88. The molecule has 0 spiro atoms. The van der Waals surface area contributed by atoms with Gasteiger partial charge in [-0.25, -0.2) is 0 Å². The number of amides is 1. The third-order valence-corrected chi connectivity index (χ3v) is 5.09. The number of nitrogens with one attached hydrogen (secondary N) is 1. The summed E-state index contributed by atoms with van der Waals surface area (Å²) >= 11 is 0. The largest absolute Gasteiger partial charge is 0.490 e. The molecule has 3 rings (SSSR count). The van der Waals surface area contributed by atoms with Crippen LogP contribution in [0.25, 0.3) is 10.8 Å². The van der Waals surface area contributed by atoms with Crippen molar-refractivity contribution in [2.45, 2.75) is 46.3 Å². The van der Waals surface area contributed by atoms with Gasteiger partial charge >= 0.3 is 0 Å². The van der Waals surface area contributed by atoms with Crippen LogP contribution in [0.5, 0.6) is 17.2 Å². The molecule has 31 heavy (non-hydrogen) atoms. The highest BCUT2D eigenvalue weighted by Crippen LogP contribution is 2.31. The van der Waals surface area contributed by atoms with Crippen molar-refractivity contribution in [2.75, 3.05) is 13.2 Å². The number of hydrogen-bond donors (Lipinski definition) is 1. The van der Waals surface area contributed by atoms with Crippen LogP contribution in [0.15, 0.2) is 60.7 Å². The zero-order valence-electron chi connectivity index (χ0n) is 18.7. The van der Waals surface area contributed by atoms with Gasteiger partial charge in [0.05, 0.1) is 19.3 Å². The Morgan fingerprint density at radius 1 is 0.871 bits per heavy atom. The molecule has 0 bridgehead atoms. The second-order valence-electron chi connectivity index (χ2n) is 7.33. The third-order valence-electron chi connectivity index (χ3n) is 5.09. The van der Waals surface area contributed by atoms with E-state index in [1.54, 1.807) is 0 Å². The molecule has 0 aliphatic heterocycles. The Balaban J connectivity index is 1.69. The van der Waals surface area contributed by atoms with Crippen molar-refractivity contribution in [3.8, 4) is 17.2 Å². The summed E-state index contributed by atoms with van der Waals surface area (Å²) < 4.78 is 17.4. The summed E-state index contributed by atoms with van der Waals surface area (Å²) in [4.78, 5) is 12.9. The van der Waals surface area contributed by atoms with Crippen LogP contribution in [0.2, 0.25) is 0 Å². The molecule has 0 aliphatic rings. The van der Waals surface area contributed by atoms with Crippen LogP contribution in [0.4, 0.5) is 0 Å². The van der Waals surface area contributed by atoms with Gasteiger partial charge < -0.3 is 19.5 Å². The number of fused-ring (bicyclic) bond motifs is 1. The van der Waals surface area contributed by atoms with Gasteiger partial charge in [0.15, 0.2) is 17.6 Å². The van der Waals surface area contributed by atoms with Gasteiger partial charge in [-0.1, -0.05) is 43.3 Å². The van der Waals surface area contributed by atoms with Crippen molar-refractivity contribution in [1.29, 1.82) is 0 Å². The minimum absolute atomic E-state index is 0.144. The molecule has 0 radical (unpaired) electrons. The summed E-state index contributed by atoms with van der Waals surface area (Å²) in [5, 5.41) is 5.29. The zero-order valence-corrected chi connectivity index (χ0v) is 18.7. The Morgan fingerprint density at radius 3 is 2.29 bits per heavy atom. The maximum Gasteiger partial charge on any atom is 0.261 e. The van der Waals surface area contributed by atoms with Crippen molar-refractivity contribution in [3.63, 3.8) is 0 Å². The van der Waals surface area contributed by atoms with E-state index in [1.807, 2.05) is 82.3 Å². The van der Waals surface area contributed by atoms with E-state index in [1.165, 1.54) is 0 Å². The number of rotatable bonds is 10. The molecular formula is C26H31NO4. The van der Waals surface area contributed by atoms with Gasteiger partial charge in [-0.15, -0.1) is 0 Å². The predicted octanol–water partition coefficient (Wildman–Crippen LogP) is 5.67. The first-order valence-electron chi connectivity index (χ1n) is 10.9. The molecule has 0 heterocycles. The topological polar surface area (TPSA) is 56.8 Å². The summed E-state index contributed by atoms with van der Waals surface area (Å²) in [5.74, 6) is 1.93. The van der Waals surface area contributed by atoms with Crippen LogP contribution in [0.1, 0.15) is 45.7 Å². The molecule has 3 aromatic rings. The normalized spacial score (nSPS) is 12.8. The summed E-state index contributed by atoms with van der Waals surface area (Å²) in [6, 6.07) is 19.5. The van der Waals surface area contributed by atoms with Crippen molar-refractivity contribution in [3.05, 3.63) is 66.2 Å². The van der Waals surface area contributed by atoms with E-state index >= 15 is 0 Å². The van der Waals surface area contributed by atoms with Gasteiger partial charge in [0.25, 0.3) is 5.91 Å². The van der Waals surface area contributed by atoms with E-state index < -0.39 is 6.10 Å². The van der Waals surface area contributed by atoms with Crippen LogP contribution in [-0.2, 0) is 4.79 Å². The van der Waals surface area contributed by atoms with Crippen LogP contribution in [0, 0.1) is 0 Å². The van der Waals surface area contributed by atoms with Crippen LogP contribution >= 0.6 is 0 Å². The molecule has 5 nitrogen and oxygen atoms in total. The number of hydrogen-bond acceptors (Lipinski definition) is 4. The Bertz CT molecular complexity index is 1020. The predicted molar refractivity (Wildman–Crippen MR) is 124 cm³/mol. The van der Waals surface area contributed by atoms with Gasteiger partial charge in [0, 0.05) is 0 Å². The molecule has 0 saturated carbocycles. The molecular weight excluding hydrogens is 390 g/mol. The lowest BCUT2D eigenvalue weighted by Gasteiger charge is -2.22. The highest BCUT2D eigenvalue weighted by Gasteiger charge is 2.21. The van der Waals surface area contributed by atoms with Crippen molar-refractivity contribution >= 4 is 16.7 Å². The molecule has 2 atom stereocenters. The first kappa shape index (κ1) is 22.5. The van der Waals surface area contributed by atoms with Crippen molar-refractivity contribution in [2.24, 2.45) is 0 Å². The van der Waals surface area contributed by atoms with E-state index in [4.69, 9.17) is 14.2 Å². The third kappa shape index (κ3) is 5.69. The number of carbonyl (C=O) groups is 1. The van der Waals surface area contributed by atoms with Gasteiger partial charge in [-0.3, -0.25) is 4.79 Å². The fourth-order valence-electron chi connectivity index (χ4n) is 3.45. The van der Waals surface area contributed by atoms with Crippen LogP contribution in [-0.4, -0.2) is 25.2 Å². The summed E-state index contributed by atoms with van der Waals surface area (Å²) in [6.07, 6.45) is -0.00329. The highest BCUT2D eigenvalue weighted by molar-refractivity contribution is 5.84. The standard InChI is InChI=1S/C26H31NO4/c1-5-23(31-22-14-12-19-10-8-9-11-21(19)16-22)26(28)27-18(4)20-13-15-24(29-6-2)25(17-20)30-7-3/h8-18,23H,5-7H2,1-4H3,(H,27,28). The van der Waals surface area contributed by atoms with Gasteiger partial charge in [0.1, 0.15) is 5.75 Å². The smallest absolute Gasteiger partial charge is 0.261 e. The maximum atomic E-state index is 12.9. The monoisotopic (exact) mass is 421 g/mol. The SMILES string of the molecule is CCOc1ccc(C(C)NC(=O)C(CC)Oc2ccc3ccccc3c2)cc1OCC. The van der Waals surface area contributed by atoms with Gasteiger partial charge in [-0.05, 0) is 67.8 Å². The van der Waals surface area contributed by atoms with E-state index in [2.05, 4.69) is 11.4 Å². The van der Waals surface area contributed by atoms with E-state index in [0.29, 0.717) is 36.9 Å². The zero-order chi connectivity index (χ0) is 22.2. The number of ether oxygens (including phenoxy) is 3. The van der Waals surface area contributed by atoms with Crippen LogP contribution < -0.4 is 19.5 Å². The Morgan fingerprint density at radius 2 is 1.58 bits per heavy atom. The molecule has 0 aromatic heterocycles. The molecule has 0 saturated heterocycles. The summed E-state index contributed by atoms with van der Waals surface area (Å²) in [7, 11) is 0. The fraction of sp³-hybridized carbons (Fsp3) is 0.346. The van der Waals surface area contributed by atoms with Crippen LogP contribution in [0.3, 0.4) is 0 Å². The summed E-state index contributed by atoms with van der Waals surface area (Å²) in [5.41, 5.74) is 0.945. The molecule has 0 fully saturated rings. The van der Waals surface area contributed by atoms with Gasteiger partial charge in [0.2, 0.25) is 0 Å². The lowest BCUT2D eigenvalue weighted by molar-refractivity contribution is -0.128. The Labute approximate surface area is 184 Å². The molecule has 2 unspecified atom stereocenters. The first-order valence-corrected chi connectivity index (χ1v) is 10.9. The number of benzene rings is 3. The second kappa shape index (κ2) is 10.7. The minimum Gasteiger partial charge on any atom is -0.490 e. The average molecular weight is 422 g/mol. The molecule has 164 valence electrons. The Kier molecular flexibility index (Phi) is 7.76. The van der Waals surface area contributed by atoms with E-state index in [-0.39, 0.29) is 11.9 Å².